The molecule has 1 rings (SSSR count). The molecule has 0 aromatic carbocycles. The van der Waals surface area contributed by atoms with Crippen LogP contribution in [0, 0.1) is 0 Å². The van der Waals surface area contributed by atoms with Crippen LogP contribution in [0.5, 0.6) is 0 Å². The van der Waals surface area contributed by atoms with Gasteiger partial charge in [0.1, 0.15) is 4.08 Å². The van der Waals surface area contributed by atoms with Crippen LogP contribution in [0.3, 0.4) is 0 Å². The second-order valence-electron chi connectivity index (χ2n) is 3.93. The molecule has 1 aliphatic carbocycles. The summed E-state index contributed by atoms with van der Waals surface area (Å²) in [5, 5.41) is 17.8. The van der Waals surface area contributed by atoms with Gasteiger partial charge in [-0.1, -0.05) is 0 Å². The third-order valence-electron chi connectivity index (χ3n) is 2.26. The van der Waals surface area contributed by atoms with E-state index in [1.54, 1.807) is 0 Å². The van der Waals surface area contributed by atoms with E-state index in [0.717, 1.165) is 0 Å². The van der Waals surface area contributed by atoms with Gasteiger partial charge in [-0.05, 0) is 19.8 Å². The predicted octanol–water partition coefficient (Wildman–Crippen LogP) is -0.931. The molecule has 0 radical (unpaired) electrons. The summed E-state index contributed by atoms with van der Waals surface area (Å²) in [6.07, 6.45) is 0.997. The highest BCUT2D eigenvalue weighted by molar-refractivity contribution is 8.05. The maximum Gasteiger partial charge on any atom is 0.227 e. The van der Waals surface area contributed by atoms with Gasteiger partial charge >= 0.3 is 0 Å². The van der Waals surface area contributed by atoms with Crippen molar-refractivity contribution in [1.82, 2.24) is 4.72 Å². The van der Waals surface area contributed by atoms with E-state index < -0.39 is 32.9 Å². The summed E-state index contributed by atoms with van der Waals surface area (Å²) in [6, 6.07) is 0. The molecule has 0 heterocycles. The monoisotopic (exact) mass is 241 g/mol. The molecule has 0 aromatic rings. The highest BCUT2D eigenvalue weighted by Gasteiger charge is 2.53. The Bertz CT molecular complexity index is 306. The Morgan fingerprint density at radius 2 is 1.86 bits per heavy atom. The molecule has 14 heavy (non-hydrogen) atoms. The fraction of sp³-hybridized carbons (Fsp3) is 1.00. The van der Waals surface area contributed by atoms with Gasteiger partial charge in [0.25, 0.3) is 0 Å². The number of hydrogen-bond acceptors (Lipinski definition) is 5. The largest absolute Gasteiger partial charge is 0.394 e. The maximum absolute atomic E-state index is 11.6. The summed E-state index contributed by atoms with van der Waals surface area (Å²) >= 11 is 4.02. The van der Waals surface area contributed by atoms with Crippen molar-refractivity contribution in [3.63, 3.8) is 0 Å². The van der Waals surface area contributed by atoms with Gasteiger partial charge in [0.15, 0.2) is 0 Å². The SMILES string of the molecule is CC(CO)(CO)NS(=O)(=O)C1(S)CC1. The molecular weight excluding hydrogens is 226 g/mol. The molecule has 1 saturated carbocycles. The van der Waals surface area contributed by atoms with Crippen molar-refractivity contribution >= 4 is 22.7 Å². The Balaban J connectivity index is 2.77. The number of hydrogen-bond donors (Lipinski definition) is 4. The van der Waals surface area contributed by atoms with E-state index in [2.05, 4.69) is 17.4 Å². The van der Waals surface area contributed by atoms with Crippen molar-refractivity contribution in [1.29, 1.82) is 0 Å². The summed E-state index contributed by atoms with van der Waals surface area (Å²) in [5.41, 5.74) is -1.21. The molecule has 7 heteroatoms. The van der Waals surface area contributed by atoms with Crippen LogP contribution in [0.15, 0.2) is 0 Å². The molecule has 0 amide bonds. The van der Waals surface area contributed by atoms with Gasteiger partial charge in [-0.25, -0.2) is 13.1 Å². The number of aliphatic hydroxyl groups is 2. The molecule has 3 N–H and O–H groups in total. The lowest BCUT2D eigenvalue weighted by atomic mass is 10.1. The van der Waals surface area contributed by atoms with Crippen LogP contribution in [0.1, 0.15) is 19.8 Å². The fourth-order valence-electron chi connectivity index (χ4n) is 0.910. The minimum Gasteiger partial charge on any atom is -0.394 e. The highest BCUT2D eigenvalue weighted by atomic mass is 32.3. The average Bonchev–Trinajstić information content (AvgIpc) is 2.84. The van der Waals surface area contributed by atoms with Crippen molar-refractivity contribution in [3.8, 4) is 0 Å². The van der Waals surface area contributed by atoms with Crippen LogP contribution in [0.25, 0.3) is 0 Å². The zero-order valence-corrected chi connectivity index (χ0v) is 9.61. The molecule has 0 bridgehead atoms. The highest BCUT2D eigenvalue weighted by Crippen LogP contribution is 2.46. The molecule has 0 aromatic heterocycles. The summed E-state index contributed by atoms with van der Waals surface area (Å²) in [6.45, 7) is 0.531. The Kier molecular flexibility index (Phi) is 3.18. The predicted molar refractivity (Wildman–Crippen MR) is 55.6 cm³/mol. The third-order valence-corrected chi connectivity index (χ3v) is 5.60. The normalized spacial score (nSPS) is 20.9. The van der Waals surface area contributed by atoms with Crippen LogP contribution in [-0.2, 0) is 10.0 Å². The van der Waals surface area contributed by atoms with Crippen molar-refractivity contribution in [2.24, 2.45) is 0 Å². The molecule has 0 atom stereocenters. The topological polar surface area (TPSA) is 86.6 Å². The van der Waals surface area contributed by atoms with E-state index in [9.17, 15) is 8.42 Å². The Labute approximate surface area is 89.0 Å². The minimum absolute atomic E-state index is 0.452. The number of sulfonamides is 1. The lowest BCUT2D eigenvalue weighted by molar-refractivity contribution is 0.121. The van der Waals surface area contributed by atoms with E-state index in [0.29, 0.717) is 12.8 Å². The van der Waals surface area contributed by atoms with Gasteiger partial charge in [-0.15, -0.1) is 0 Å². The molecule has 0 aliphatic heterocycles. The Morgan fingerprint density at radius 1 is 1.43 bits per heavy atom. The second kappa shape index (κ2) is 3.64. The average molecular weight is 241 g/mol. The van der Waals surface area contributed by atoms with E-state index in [1.807, 2.05) is 0 Å². The van der Waals surface area contributed by atoms with E-state index in [-0.39, 0.29) is 0 Å². The molecule has 5 nitrogen and oxygen atoms in total. The van der Waals surface area contributed by atoms with Crippen molar-refractivity contribution in [3.05, 3.63) is 0 Å². The second-order valence-corrected chi connectivity index (χ2v) is 7.08. The first kappa shape index (κ1) is 12.3. The summed E-state index contributed by atoms with van der Waals surface area (Å²) in [5.74, 6) is 0. The van der Waals surface area contributed by atoms with Gasteiger partial charge in [0.2, 0.25) is 10.0 Å². The molecule has 0 unspecified atom stereocenters. The Morgan fingerprint density at radius 3 is 2.14 bits per heavy atom. The summed E-state index contributed by atoms with van der Waals surface area (Å²) < 4.78 is 24.5. The maximum atomic E-state index is 11.6. The quantitative estimate of drug-likeness (QED) is 0.468. The fourth-order valence-corrected chi connectivity index (χ4v) is 2.77. The molecular formula is C7H15NO4S2. The third kappa shape index (κ3) is 2.22. The number of aliphatic hydroxyl groups excluding tert-OH is 2. The lowest BCUT2D eigenvalue weighted by Gasteiger charge is -2.27. The van der Waals surface area contributed by atoms with E-state index >= 15 is 0 Å². The first-order chi connectivity index (χ1) is 6.29. The van der Waals surface area contributed by atoms with Crippen molar-refractivity contribution < 1.29 is 18.6 Å². The van der Waals surface area contributed by atoms with Crippen LogP contribution in [0.4, 0.5) is 0 Å². The zero-order valence-electron chi connectivity index (χ0n) is 7.89. The first-order valence-electron chi connectivity index (χ1n) is 4.26. The van der Waals surface area contributed by atoms with Crippen LogP contribution < -0.4 is 4.72 Å². The van der Waals surface area contributed by atoms with Crippen LogP contribution >= 0.6 is 12.6 Å². The number of nitrogens with one attached hydrogen (secondary N) is 1. The van der Waals surface area contributed by atoms with Crippen molar-refractivity contribution in [2.45, 2.75) is 29.4 Å². The standard InChI is InChI=1S/C7H15NO4S2/c1-6(4-9,5-10)8-14(11,12)7(13)2-3-7/h8-10,13H,2-5H2,1H3. The van der Waals surface area contributed by atoms with Gasteiger partial charge in [-0.3, -0.25) is 0 Å². The smallest absolute Gasteiger partial charge is 0.227 e. The molecule has 84 valence electrons. The lowest BCUT2D eigenvalue weighted by Crippen LogP contribution is -2.53. The molecule has 1 fully saturated rings. The van der Waals surface area contributed by atoms with E-state index in [1.165, 1.54) is 6.92 Å². The van der Waals surface area contributed by atoms with Crippen LogP contribution in [0.2, 0.25) is 0 Å². The van der Waals surface area contributed by atoms with Crippen molar-refractivity contribution in [2.75, 3.05) is 13.2 Å². The van der Waals surface area contributed by atoms with E-state index in [4.69, 9.17) is 10.2 Å². The van der Waals surface area contributed by atoms with Gasteiger partial charge in [-0.2, -0.15) is 12.6 Å². The Hall–Kier alpha value is 0.180. The zero-order chi connectivity index (χ0) is 11.0. The number of thiol groups is 1. The summed E-state index contributed by atoms with van der Waals surface area (Å²) in [7, 11) is -3.57. The first-order valence-corrected chi connectivity index (χ1v) is 6.19. The van der Waals surface area contributed by atoms with Gasteiger partial charge in [0, 0.05) is 0 Å². The molecule has 0 spiro atoms. The van der Waals surface area contributed by atoms with Crippen LogP contribution in [-0.4, -0.2) is 41.5 Å². The minimum atomic E-state index is -3.57. The van der Waals surface area contributed by atoms with Gasteiger partial charge in [0.05, 0.1) is 18.8 Å². The molecule has 1 aliphatic rings. The summed E-state index contributed by atoms with van der Waals surface area (Å²) in [4.78, 5) is 0. The molecule has 0 saturated heterocycles. The van der Waals surface area contributed by atoms with Gasteiger partial charge < -0.3 is 10.2 Å². The number of rotatable bonds is 5.